The van der Waals surface area contributed by atoms with E-state index in [0.29, 0.717) is 16.8 Å². The lowest BCUT2D eigenvalue weighted by molar-refractivity contribution is 0.536. The molecule has 19 heavy (non-hydrogen) atoms. The van der Waals surface area contributed by atoms with E-state index in [1.165, 1.54) is 0 Å². The molecule has 0 fully saturated rings. The van der Waals surface area contributed by atoms with Crippen LogP contribution in [0.25, 0.3) is 0 Å². The van der Waals surface area contributed by atoms with Crippen LogP contribution in [0, 0.1) is 0 Å². The lowest BCUT2D eigenvalue weighted by Gasteiger charge is -2.30. The molecular formula is C14H15Cl3N2. The Hall–Kier alpha value is -0.700. The molecule has 0 aliphatic carbocycles. The summed E-state index contributed by atoms with van der Waals surface area (Å²) in [6, 6.07) is 7.72. The molecule has 2 rings (SSSR count). The average Bonchev–Trinajstić information content (AvgIpc) is 2.82. The van der Waals surface area contributed by atoms with Crippen molar-refractivity contribution in [1.29, 1.82) is 0 Å². The predicted octanol–water partition coefficient (Wildman–Crippen LogP) is 4.03. The van der Waals surface area contributed by atoms with E-state index in [1.807, 2.05) is 43.7 Å². The van der Waals surface area contributed by atoms with Gasteiger partial charge in [0.25, 0.3) is 0 Å². The van der Waals surface area contributed by atoms with Crippen LogP contribution in [0.15, 0.2) is 36.7 Å². The molecule has 0 aliphatic heterocycles. The van der Waals surface area contributed by atoms with Gasteiger partial charge in [-0.3, -0.25) is 4.68 Å². The van der Waals surface area contributed by atoms with Crippen molar-refractivity contribution in [3.05, 3.63) is 52.8 Å². The van der Waals surface area contributed by atoms with Crippen molar-refractivity contribution in [3.8, 4) is 0 Å². The van der Waals surface area contributed by atoms with Crippen LogP contribution in [-0.2, 0) is 18.9 Å². The number of benzene rings is 1. The minimum absolute atomic E-state index is 0.295. The summed E-state index contributed by atoms with van der Waals surface area (Å²) in [5.74, 6) is 0.903. The van der Waals surface area contributed by atoms with Crippen LogP contribution in [-0.4, -0.2) is 21.5 Å². The number of aromatic nitrogens is 2. The van der Waals surface area contributed by atoms with Gasteiger partial charge < -0.3 is 0 Å². The normalized spacial score (nSPS) is 11.8. The van der Waals surface area contributed by atoms with Gasteiger partial charge in [-0.05, 0) is 29.7 Å². The molecule has 0 bridgehead atoms. The van der Waals surface area contributed by atoms with Gasteiger partial charge in [0.05, 0.1) is 6.20 Å². The summed E-state index contributed by atoms with van der Waals surface area (Å²) in [7, 11) is 1.90. The fourth-order valence-electron chi connectivity index (χ4n) is 2.14. The zero-order valence-electron chi connectivity index (χ0n) is 10.6. The van der Waals surface area contributed by atoms with Crippen LogP contribution < -0.4 is 0 Å². The largest absolute Gasteiger partial charge is 0.276 e. The summed E-state index contributed by atoms with van der Waals surface area (Å²) in [6.07, 6.45) is 4.60. The Morgan fingerprint density at radius 1 is 1.16 bits per heavy atom. The molecular weight excluding hydrogens is 303 g/mol. The minimum atomic E-state index is -0.295. The summed E-state index contributed by atoms with van der Waals surface area (Å²) in [6.45, 7) is 0. The number of halogens is 3. The first kappa shape index (κ1) is 14.7. The van der Waals surface area contributed by atoms with Crippen molar-refractivity contribution in [2.45, 2.75) is 11.8 Å². The molecule has 0 saturated carbocycles. The molecule has 1 aromatic carbocycles. The first-order valence-electron chi connectivity index (χ1n) is 5.95. The zero-order chi connectivity index (χ0) is 13.9. The average molecular weight is 318 g/mol. The summed E-state index contributed by atoms with van der Waals surface area (Å²) in [5, 5.41) is 4.90. The van der Waals surface area contributed by atoms with E-state index in [9.17, 15) is 0 Å². The van der Waals surface area contributed by atoms with Crippen molar-refractivity contribution in [1.82, 2.24) is 9.78 Å². The number of hydrogen-bond acceptors (Lipinski definition) is 1. The third-order valence-electron chi connectivity index (χ3n) is 3.27. The van der Waals surface area contributed by atoms with E-state index in [2.05, 4.69) is 5.10 Å². The number of alkyl halides is 2. The molecule has 2 nitrogen and oxygen atoms in total. The molecule has 2 aromatic rings. The lowest BCUT2D eigenvalue weighted by atomic mass is 9.79. The SMILES string of the molecule is Cn1cc(CC(CCl)(CCl)c2ccc(Cl)cc2)cn1. The van der Waals surface area contributed by atoms with Crippen molar-refractivity contribution < 1.29 is 0 Å². The maximum atomic E-state index is 6.21. The number of aryl methyl sites for hydroxylation is 1. The molecule has 0 unspecified atom stereocenters. The number of rotatable bonds is 5. The molecule has 0 N–H and O–H groups in total. The molecule has 5 heteroatoms. The Kier molecular flexibility index (Phi) is 4.77. The predicted molar refractivity (Wildman–Crippen MR) is 81.5 cm³/mol. The van der Waals surface area contributed by atoms with Gasteiger partial charge in [0.15, 0.2) is 0 Å². The van der Waals surface area contributed by atoms with E-state index in [4.69, 9.17) is 34.8 Å². The molecule has 1 aromatic heterocycles. The lowest BCUT2D eigenvalue weighted by Crippen LogP contribution is -2.33. The van der Waals surface area contributed by atoms with Crippen LogP contribution in [0.1, 0.15) is 11.1 Å². The second-order valence-electron chi connectivity index (χ2n) is 4.75. The molecule has 0 atom stereocenters. The Labute approximate surface area is 128 Å². The highest BCUT2D eigenvalue weighted by Crippen LogP contribution is 2.32. The van der Waals surface area contributed by atoms with E-state index in [1.54, 1.807) is 4.68 Å². The van der Waals surface area contributed by atoms with Crippen LogP contribution in [0.3, 0.4) is 0 Å². The fourth-order valence-corrected chi connectivity index (χ4v) is 3.05. The molecule has 0 aliphatic rings. The van der Waals surface area contributed by atoms with Crippen LogP contribution in [0.2, 0.25) is 5.02 Å². The van der Waals surface area contributed by atoms with Crippen molar-refractivity contribution >= 4 is 34.8 Å². The quantitative estimate of drug-likeness (QED) is 0.761. The highest BCUT2D eigenvalue weighted by Gasteiger charge is 2.31. The number of hydrogen-bond donors (Lipinski definition) is 0. The van der Waals surface area contributed by atoms with E-state index >= 15 is 0 Å². The fraction of sp³-hybridized carbons (Fsp3) is 0.357. The monoisotopic (exact) mass is 316 g/mol. The molecule has 0 saturated heterocycles. The smallest absolute Gasteiger partial charge is 0.0521 e. The van der Waals surface area contributed by atoms with Gasteiger partial charge in [0, 0.05) is 35.4 Å². The summed E-state index contributed by atoms with van der Waals surface area (Å²) < 4.78 is 1.78. The standard InChI is InChI=1S/C14H15Cl3N2/c1-19-8-11(7-18-19)6-14(9-15,10-16)12-2-4-13(17)5-3-12/h2-5,7-8H,6,9-10H2,1H3. The van der Waals surface area contributed by atoms with Gasteiger partial charge in [-0.2, -0.15) is 5.10 Å². The van der Waals surface area contributed by atoms with Crippen molar-refractivity contribution in [2.75, 3.05) is 11.8 Å². The van der Waals surface area contributed by atoms with Crippen molar-refractivity contribution in [2.24, 2.45) is 7.05 Å². The summed E-state index contributed by atoms with van der Waals surface area (Å²) in [5.41, 5.74) is 1.93. The molecule has 0 spiro atoms. The number of nitrogens with zero attached hydrogens (tertiary/aromatic N) is 2. The van der Waals surface area contributed by atoms with Crippen molar-refractivity contribution in [3.63, 3.8) is 0 Å². The minimum Gasteiger partial charge on any atom is -0.276 e. The maximum absolute atomic E-state index is 6.21. The zero-order valence-corrected chi connectivity index (χ0v) is 12.9. The Bertz CT molecular complexity index is 530. The first-order valence-corrected chi connectivity index (χ1v) is 7.40. The molecule has 0 amide bonds. The van der Waals surface area contributed by atoms with Gasteiger partial charge in [-0.25, -0.2) is 0 Å². The third kappa shape index (κ3) is 3.25. The second-order valence-corrected chi connectivity index (χ2v) is 5.72. The highest BCUT2D eigenvalue weighted by molar-refractivity contribution is 6.30. The van der Waals surface area contributed by atoms with E-state index in [-0.39, 0.29) is 5.41 Å². The van der Waals surface area contributed by atoms with Gasteiger partial charge in [-0.15, -0.1) is 23.2 Å². The molecule has 102 valence electrons. The van der Waals surface area contributed by atoms with Crippen LogP contribution >= 0.6 is 34.8 Å². The van der Waals surface area contributed by atoms with E-state index < -0.39 is 0 Å². The second kappa shape index (κ2) is 6.17. The van der Waals surface area contributed by atoms with Crippen LogP contribution in [0.5, 0.6) is 0 Å². The Balaban J connectivity index is 2.33. The topological polar surface area (TPSA) is 17.8 Å². The van der Waals surface area contributed by atoms with Crippen LogP contribution in [0.4, 0.5) is 0 Å². The molecule has 1 heterocycles. The van der Waals surface area contributed by atoms with Gasteiger partial charge in [0.1, 0.15) is 0 Å². The maximum Gasteiger partial charge on any atom is 0.0521 e. The Morgan fingerprint density at radius 3 is 2.26 bits per heavy atom. The first-order chi connectivity index (χ1) is 9.09. The third-order valence-corrected chi connectivity index (χ3v) is 4.54. The highest BCUT2D eigenvalue weighted by atomic mass is 35.5. The summed E-state index contributed by atoms with van der Waals surface area (Å²) >= 11 is 18.4. The Morgan fingerprint density at radius 2 is 1.79 bits per heavy atom. The van der Waals surface area contributed by atoms with E-state index in [0.717, 1.165) is 17.5 Å². The summed E-state index contributed by atoms with van der Waals surface area (Å²) in [4.78, 5) is 0. The van der Waals surface area contributed by atoms with Gasteiger partial charge >= 0.3 is 0 Å². The van der Waals surface area contributed by atoms with Gasteiger partial charge in [-0.1, -0.05) is 23.7 Å². The van der Waals surface area contributed by atoms with Gasteiger partial charge in [0.2, 0.25) is 0 Å². The molecule has 0 radical (unpaired) electrons.